The van der Waals surface area contributed by atoms with Gasteiger partial charge in [0.1, 0.15) is 18.7 Å². The predicted molar refractivity (Wildman–Crippen MR) is 110 cm³/mol. The Morgan fingerprint density at radius 2 is 1.57 bits per heavy atom. The molecule has 2 atom stereocenters. The number of fused-ring (bicyclic) bond motifs is 3. The Labute approximate surface area is 174 Å². The molecule has 0 heterocycles. The maximum Gasteiger partial charge on any atom is 0.407 e. The second-order valence-corrected chi connectivity index (χ2v) is 7.85. The molecule has 0 aliphatic heterocycles. The predicted octanol–water partition coefficient (Wildman–Crippen LogP) is 2.89. The summed E-state index contributed by atoms with van der Waals surface area (Å²) in [6.07, 6.45) is 0.856. The zero-order valence-electron chi connectivity index (χ0n) is 16.6. The number of rotatable bonds is 7. The summed E-state index contributed by atoms with van der Waals surface area (Å²) in [7, 11) is 0. The number of nitrogens with one attached hydrogen (secondary N) is 2. The van der Waals surface area contributed by atoms with E-state index in [-0.39, 0.29) is 18.4 Å². The Morgan fingerprint density at radius 3 is 2.10 bits per heavy atom. The summed E-state index contributed by atoms with van der Waals surface area (Å²) in [4.78, 5) is 35.8. The molecule has 2 amide bonds. The molecule has 0 aromatic heterocycles. The lowest BCUT2D eigenvalue weighted by Crippen LogP contribution is -2.51. The van der Waals surface area contributed by atoms with E-state index in [9.17, 15) is 19.5 Å². The third-order valence-electron chi connectivity index (χ3n) is 5.73. The van der Waals surface area contributed by atoms with Gasteiger partial charge in [-0.05, 0) is 47.9 Å². The minimum Gasteiger partial charge on any atom is -0.480 e. The molecule has 0 radical (unpaired) electrons. The van der Waals surface area contributed by atoms with E-state index in [0.717, 1.165) is 35.1 Å². The van der Waals surface area contributed by atoms with E-state index >= 15 is 0 Å². The van der Waals surface area contributed by atoms with E-state index in [1.807, 2.05) is 36.4 Å². The third kappa shape index (κ3) is 4.01. The lowest BCUT2D eigenvalue weighted by Gasteiger charge is -2.19. The standard InChI is InChI=1S/C23H24N2O5/c1-13(21(26)25-20(22(27)28)14-10-11-14)24-23(29)30-12-19-17-8-4-2-6-15(17)16-7-3-5-9-18(16)19/h2-9,13-14,19-20H,10-12H2,1H3,(H,24,29)(H,25,26)(H,27,28)/t13-,20?/m1/s1. The first-order chi connectivity index (χ1) is 14.5. The number of hydrogen-bond donors (Lipinski definition) is 3. The van der Waals surface area contributed by atoms with E-state index in [4.69, 9.17) is 4.74 Å². The number of benzene rings is 2. The van der Waals surface area contributed by atoms with Crippen molar-refractivity contribution >= 4 is 18.0 Å². The Morgan fingerprint density at radius 1 is 1.00 bits per heavy atom. The van der Waals surface area contributed by atoms with Gasteiger partial charge in [-0.15, -0.1) is 0 Å². The van der Waals surface area contributed by atoms with Crippen LogP contribution in [0.2, 0.25) is 0 Å². The number of hydrogen-bond acceptors (Lipinski definition) is 4. The van der Waals surface area contributed by atoms with Crippen LogP contribution in [0.1, 0.15) is 36.8 Å². The number of amides is 2. The quantitative estimate of drug-likeness (QED) is 0.653. The molecule has 2 aliphatic carbocycles. The molecule has 7 nitrogen and oxygen atoms in total. The number of carbonyl (C=O) groups excluding carboxylic acids is 2. The first kappa shape index (κ1) is 19.9. The number of ether oxygens (including phenoxy) is 1. The molecule has 0 bridgehead atoms. The number of carboxylic acids is 1. The van der Waals surface area contributed by atoms with Crippen LogP contribution in [-0.2, 0) is 14.3 Å². The molecular weight excluding hydrogens is 384 g/mol. The zero-order valence-corrected chi connectivity index (χ0v) is 16.6. The second-order valence-electron chi connectivity index (χ2n) is 7.85. The molecule has 2 aromatic rings. The Bertz CT molecular complexity index is 940. The molecule has 1 saturated carbocycles. The van der Waals surface area contributed by atoms with Gasteiger partial charge in [0.15, 0.2) is 0 Å². The second kappa shape index (κ2) is 8.18. The third-order valence-corrected chi connectivity index (χ3v) is 5.73. The lowest BCUT2D eigenvalue weighted by molar-refractivity contribution is -0.142. The molecule has 30 heavy (non-hydrogen) atoms. The van der Waals surface area contributed by atoms with Crippen LogP contribution in [0.5, 0.6) is 0 Å². The Kier molecular flexibility index (Phi) is 5.44. The summed E-state index contributed by atoms with van der Waals surface area (Å²) >= 11 is 0. The number of aliphatic carboxylic acids is 1. The van der Waals surface area contributed by atoms with E-state index in [0.29, 0.717) is 0 Å². The van der Waals surface area contributed by atoms with Crippen LogP contribution in [0.3, 0.4) is 0 Å². The SMILES string of the molecule is C[C@@H](NC(=O)OCC1c2ccccc2-c2ccccc21)C(=O)NC(C(=O)O)C1CC1. The van der Waals surface area contributed by atoms with Gasteiger partial charge in [0.05, 0.1) is 0 Å². The van der Waals surface area contributed by atoms with Gasteiger partial charge in [-0.3, -0.25) is 4.79 Å². The fourth-order valence-corrected chi connectivity index (χ4v) is 3.97. The van der Waals surface area contributed by atoms with Crippen molar-refractivity contribution in [3.05, 3.63) is 59.7 Å². The number of alkyl carbamates (subject to hydrolysis) is 1. The topological polar surface area (TPSA) is 105 Å². The number of carbonyl (C=O) groups is 3. The van der Waals surface area contributed by atoms with Gasteiger partial charge in [-0.2, -0.15) is 0 Å². The average Bonchev–Trinajstić information content (AvgIpc) is 3.52. The molecule has 0 saturated heterocycles. The summed E-state index contributed by atoms with van der Waals surface area (Å²) in [6, 6.07) is 14.2. The summed E-state index contributed by atoms with van der Waals surface area (Å²) in [6.45, 7) is 1.65. The van der Waals surface area contributed by atoms with Crippen LogP contribution >= 0.6 is 0 Å². The Balaban J connectivity index is 1.35. The highest BCUT2D eigenvalue weighted by Gasteiger charge is 2.38. The van der Waals surface area contributed by atoms with Crippen molar-refractivity contribution in [2.24, 2.45) is 5.92 Å². The van der Waals surface area contributed by atoms with E-state index in [1.165, 1.54) is 6.92 Å². The zero-order chi connectivity index (χ0) is 21.3. The summed E-state index contributed by atoms with van der Waals surface area (Å²) in [5.74, 6) is -1.70. The maximum atomic E-state index is 12.3. The van der Waals surface area contributed by atoms with Crippen molar-refractivity contribution in [3.8, 4) is 11.1 Å². The molecule has 1 unspecified atom stereocenters. The van der Waals surface area contributed by atoms with Gasteiger partial charge in [0.25, 0.3) is 0 Å². The van der Waals surface area contributed by atoms with Crippen LogP contribution in [0.25, 0.3) is 11.1 Å². The highest BCUT2D eigenvalue weighted by Crippen LogP contribution is 2.44. The van der Waals surface area contributed by atoms with Gasteiger partial charge in [0.2, 0.25) is 5.91 Å². The minimum absolute atomic E-state index is 0.0342. The van der Waals surface area contributed by atoms with Gasteiger partial charge < -0.3 is 20.5 Å². The molecule has 0 spiro atoms. The molecule has 4 rings (SSSR count). The van der Waals surface area contributed by atoms with E-state index < -0.39 is 30.1 Å². The van der Waals surface area contributed by atoms with Crippen LogP contribution in [0.4, 0.5) is 4.79 Å². The average molecular weight is 408 g/mol. The summed E-state index contributed by atoms with van der Waals surface area (Å²) in [5, 5.41) is 14.2. The van der Waals surface area contributed by atoms with Crippen molar-refractivity contribution < 1.29 is 24.2 Å². The Hall–Kier alpha value is -3.35. The van der Waals surface area contributed by atoms with Crippen LogP contribution in [0.15, 0.2) is 48.5 Å². The van der Waals surface area contributed by atoms with E-state index in [1.54, 1.807) is 0 Å². The summed E-state index contributed by atoms with van der Waals surface area (Å²) in [5.41, 5.74) is 4.47. The normalized spacial score (nSPS) is 16.7. The first-order valence-corrected chi connectivity index (χ1v) is 10.1. The van der Waals surface area contributed by atoms with Crippen molar-refractivity contribution in [3.63, 3.8) is 0 Å². The van der Waals surface area contributed by atoms with E-state index in [2.05, 4.69) is 22.8 Å². The molecular formula is C23H24N2O5. The van der Waals surface area contributed by atoms with Crippen LogP contribution in [-0.4, -0.2) is 41.8 Å². The monoisotopic (exact) mass is 408 g/mol. The number of carboxylic acid groups (broad SMARTS) is 1. The highest BCUT2D eigenvalue weighted by atomic mass is 16.5. The largest absolute Gasteiger partial charge is 0.480 e. The van der Waals surface area contributed by atoms with Gasteiger partial charge in [-0.25, -0.2) is 9.59 Å². The van der Waals surface area contributed by atoms with Gasteiger partial charge in [-0.1, -0.05) is 48.5 Å². The van der Waals surface area contributed by atoms with Crippen molar-refractivity contribution in [1.29, 1.82) is 0 Å². The summed E-state index contributed by atoms with van der Waals surface area (Å²) < 4.78 is 5.43. The van der Waals surface area contributed by atoms with Gasteiger partial charge >= 0.3 is 12.1 Å². The fourth-order valence-electron chi connectivity index (χ4n) is 3.97. The molecule has 3 N–H and O–H groups in total. The van der Waals surface area contributed by atoms with Crippen molar-refractivity contribution in [2.75, 3.05) is 6.61 Å². The molecule has 1 fully saturated rings. The lowest BCUT2D eigenvalue weighted by atomic mass is 9.98. The molecule has 2 aliphatic rings. The fraction of sp³-hybridized carbons (Fsp3) is 0.348. The maximum absolute atomic E-state index is 12.3. The smallest absolute Gasteiger partial charge is 0.407 e. The molecule has 7 heteroatoms. The minimum atomic E-state index is -1.06. The van der Waals surface area contributed by atoms with Crippen LogP contribution < -0.4 is 10.6 Å². The molecule has 156 valence electrons. The van der Waals surface area contributed by atoms with Crippen molar-refractivity contribution in [1.82, 2.24) is 10.6 Å². The first-order valence-electron chi connectivity index (χ1n) is 10.1. The van der Waals surface area contributed by atoms with Gasteiger partial charge in [0, 0.05) is 5.92 Å². The van der Waals surface area contributed by atoms with Crippen LogP contribution in [0, 0.1) is 5.92 Å². The van der Waals surface area contributed by atoms with Crippen molar-refractivity contribution in [2.45, 2.75) is 37.8 Å². The molecule has 2 aromatic carbocycles. The highest BCUT2D eigenvalue weighted by molar-refractivity contribution is 5.89.